The first-order valence-corrected chi connectivity index (χ1v) is 9.46. The molecule has 0 bridgehead atoms. The Bertz CT molecular complexity index is 790. The van der Waals surface area contributed by atoms with Gasteiger partial charge in [-0.15, -0.1) is 0 Å². The Morgan fingerprint density at radius 2 is 1.19 bits per heavy atom. The Morgan fingerprint density at radius 3 is 1.62 bits per heavy atom. The van der Waals surface area contributed by atoms with Crippen molar-refractivity contribution >= 4 is 17.2 Å². The first-order valence-electron chi connectivity index (χ1n) is 9.46. The summed E-state index contributed by atoms with van der Waals surface area (Å²) in [5.74, 6) is 1.03. The molecule has 0 heterocycles. The maximum absolute atomic E-state index is 5.09. The molecule has 0 radical (unpaired) electrons. The predicted molar refractivity (Wildman–Crippen MR) is 116 cm³/mol. The van der Waals surface area contributed by atoms with E-state index in [4.69, 9.17) is 4.99 Å². The highest BCUT2D eigenvalue weighted by Crippen LogP contribution is 2.29. The van der Waals surface area contributed by atoms with Crippen LogP contribution in [0, 0.1) is 47.0 Å². The van der Waals surface area contributed by atoms with Gasteiger partial charge in [-0.25, -0.2) is 4.99 Å². The average Bonchev–Trinajstić information content (AvgIpc) is 2.44. The third-order valence-corrected chi connectivity index (χ3v) is 4.53. The Kier molecular flexibility index (Phi) is 5.95. The number of benzene rings is 2. The van der Waals surface area contributed by atoms with Crippen LogP contribution in [0.2, 0.25) is 0 Å². The maximum Gasteiger partial charge on any atom is 0.107 e. The van der Waals surface area contributed by atoms with E-state index in [0.717, 1.165) is 17.9 Å². The van der Waals surface area contributed by atoms with Gasteiger partial charge in [0.25, 0.3) is 0 Å². The summed E-state index contributed by atoms with van der Waals surface area (Å²) in [5, 5.41) is 3.67. The summed E-state index contributed by atoms with van der Waals surface area (Å²) >= 11 is 0. The van der Waals surface area contributed by atoms with Crippen LogP contribution in [0.5, 0.6) is 0 Å². The van der Waals surface area contributed by atoms with E-state index in [-0.39, 0.29) is 5.41 Å². The molecule has 2 heteroatoms. The van der Waals surface area contributed by atoms with E-state index in [2.05, 4.69) is 91.9 Å². The highest BCUT2D eigenvalue weighted by molar-refractivity contribution is 5.99. The van der Waals surface area contributed by atoms with E-state index in [0.29, 0.717) is 0 Å². The lowest BCUT2D eigenvalue weighted by molar-refractivity contribution is 0.433. The molecule has 0 spiro atoms. The number of amidine groups is 1. The number of rotatable bonds is 3. The van der Waals surface area contributed by atoms with Crippen LogP contribution >= 0.6 is 0 Å². The molecule has 2 rings (SSSR count). The van der Waals surface area contributed by atoms with E-state index >= 15 is 0 Å². The average molecular weight is 351 g/mol. The van der Waals surface area contributed by atoms with Gasteiger partial charge in [-0.1, -0.05) is 56.2 Å². The van der Waals surface area contributed by atoms with Gasteiger partial charge >= 0.3 is 0 Å². The normalized spacial score (nSPS) is 12.4. The second-order valence-electron chi connectivity index (χ2n) is 8.94. The lowest BCUT2D eigenvalue weighted by Gasteiger charge is -2.23. The zero-order valence-electron chi connectivity index (χ0n) is 18.0. The molecular weight excluding hydrogens is 316 g/mol. The third-order valence-electron chi connectivity index (χ3n) is 4.53. The van der Waals surface area contributed by atoms with Gasteiger partial charge in [0.15, 0.2) is 0 Å². The van der Waals surface area contributed by atoms with Crippen molar-refractivity contribution in [3.05, 3.63) is 57.6 Å². The van der Waals surface area contributed by atoms with Crippen molar-refractivity contribution in [3.8, 4) is 0 Å². The van der Waals surface area contributed by atoms with Crippen LogP contribution in [0.25, 0.3) is 0 Å². The lowest BCUT2D eigenvalue weighted by atomic mass is 9.91. The fourth-order valence-corrected chi connectivity index (χ4v) is 3.62. The Morgan fingerprint density at radius 1 is 0.769 bits per heavy atom. The van der Waals surface area contributed by atoms with Gasteiger partial charge in [0.05, 0.1) is 5.69 Å². The number of nitrogens with one attached hydrogen (secondary N) is 1. The van der Waals surface area contributed by atoms with E-state index in [1.54, 1.807) is 0 Å². The van der Waals surface area contributed by atoms with Gasteiger partial charge in [0.2, 0.25) is 0 Å². The molecule has 0 aliphatic carbocycles. The minimum atomic E-state index is 0.158. The number of aliphatic imine (C=N–C) groups is 1. The van der Waals surface area contributed by atoms with E-state index < -0.39 is 0 Å². The summed E-state index contributed by atoms with van der Waals surface area (Å²) < 4.78 is 0. The standard InChI is InChI=1S/C24H34N2/c1-15-10-17(3)22(18(4)11-15)25-21(14-24(7,8)9)26-23-19(5)12-16(2)13-20(23)6/h10-13H,14H2,1-9H3,(H,25,26). The van der Waals surface area contributed by atoms with Gasteiger partial charge in [-0.3, -0.25) is 0 Å². The summed E-state index contributed by atoms with van der Waals surface area (Å²) in [4.78, 5) is 5.09. The van der Waals surface area contributed by atoms with Crippen LogP contribution in [0.1, 0.15) is 60.6 Å². The highest BCUT2D eigenvalue weighted by Gasteiger charge is 2.17. The van der Waals surface area contributed by atoms with Crippen LogP contribution in [0.4, 0.5) is 11.4 Å². The van der Waals surface area contributed by atoms with Crippen molar-refractivity contribution < 1.29 is 0 Å². The van der Waals surface area contributed by atoms with Gasteiger partial charge in [-0.2, -0.15) is 0 Å². The van der Waals surface area contributed by atoms with Crippen molar-refractivity contribution in [2.45, 2.75) is 68.7 Å². The van der Waals surface area contributed by atoms with E-state index in [9.17, 15) is 0 Å². The van der Waals surface area contributed by atoms with Gasteiger partial charge in [0.1, 0.15) is 5.84 Å². The molecule has 0 atom stereocenters. The smallest absolute Gasteiger partial charge is 0.107 e. The first-order chi connectivity index (χ1) is 12.0. The molecule has 1 N–H and O–H groups in total. The van der Waals surface area contributed by atoms with Crippen molar-refractivity contribution in [1.29, 1.82) is 0 Å². The van der Waals surface area contributed by atoms with Crippen molar-refractivity contribution in [3.63, 3.8) is 0 Å². The van der Waals surface area contributed by atoms with Gasteiger partial charge < -0.3 is 5.32 Å². The van der Waals surface area contributed by atoms with Crippen LogP contribution in [0.15, 0.2) is 29.3 Å². The van der Waals surface area contributed by atoms with E-state index in [1.165, 1.54) is 39.1 Å². The monoisotopic (exact) mass is 350 g/mol. The molecule has 0 aliphatic heterocycles. The number of hydrogen-bond acceptors (Lipinski definition) is 1. The minimum absolute atomic E-state index is 0.158. The maximum atomic E-state index is 5.09. The molecule has 2 aromatic carbocycles. The topological polar surface area (TPSA) is 24.4 Å². The number of nitrogens with zero attached hydrogens (tertiary/aromatic N) is 1. The Labute approximate surface area is 159 Å². The number of hydrogen-bond donors (Lipinski definition) is 1. The second kappa shape index (κ2) is 7.65. The SMILES string of the molecule is Cc1cc(C)c(N=C(CC(C)(C)C)Nc2c(C)cc(C)cc2C)c(C)c1. The minimum Gasteiger partial charge on any atom is -0.343 e. The van der Waals surface area contributed by atoms with Crippen LogP contribution < -0.4 is 5.32 Å². The summed E-state index contributed by atoms with van der Waals surface area (Å²) in [6.45, 7) is 19.7. The van der Waals surface area contributed by atoms with Crippen molar-refractivity contribution in [2.75, 3.05) is 5.32 Å². The summed E-state index contributed by atoms with van der Waals surface area (Å²) in [6, 6.07) is 8.88. The summed E-state index contributed by atoms with van der Waals surface area (Å²) in [6.07, 6.45) is 0.895. The molecule has 0 saturated heterocycles. The fourth-order valence-electron chi connectivity index (χ4n) is 3.62. The molecule has 0 aliphatic rings. The van der Waals surface area contributed by atoms with Crippen LogP contribution in [-0.4, -0.2) is 5.84 Å². The Balaban J connectivity index is 2.52. The quantitative estimate of drug-likeness (QED) is 0.462. The molecule has 0 aromatic heterocycles. The molecule has 0 unspecified atom stereocenters. The second-order valence-corrected chi connectivity index (χ2v) is 8.94. The van der Waals surface area contributed by atoms with Crippen molar-refractivity contribution in [1.82, 2.24) is 0 Å². The zero-order chi connectivity index (χ0) is 19.6. The molecule has 2 nitrogen and oxygen atoms in total. The molecule has 0 saturated carbocycles. The predicted octanol–water partition coefficient (Wildman–Crippen LogP) is 7.12. The Hall–Kier alpha value is -2.09. The fraction of sp³-hybridized carbons (Fsp3) is 0.458. The van der Waals surface area contributed by atoms with Crippen LogP contribution in [-0.2, 0) is 0 Å². The molecule has 0 fully saturated rings. The third kappa shape index (κ3) is 5.20. The largest absolute Gasteiger partial charge is 0.343 e. The van der Waals surface area contributed by atoms with E-state index in [1.807, 2.05) is 0 Å². The summed E-state index contributed by atoms with van der Waals surface area (Å²) in [5.41, 5.74) is 10.00. The molecule has 2 aromatic rings. The molecular formula is C24H34N2. The number of aryl methyl sites for hydroxylation is 6. The molecule has 26 heavy (non-hydrogen) atoms. The molecule has 140 valence electrons. The zero-order valence-corrected chi connectivity index (χ0v) is 18.0. The highest BCUT2D eigenvalue weighted by atomic mass is 15.0. The van der Waals surface area contributed by atoms with Gasteiger partial charge in [-0.05, 0) is 69.2 Å². The van der Waals surface area contributed by atoms with Crippen molar-refractivity contribution in [2.24, 2.45) is 10.4 Å². The first kappa shape index (κ1) is 20.2. The van der Waals surface area contributed by atoms with Crippen LogP contribution in [0.3, 0.4) is 0 Å². The number of anilines is 1. The molecule has 0 amide bonds. The van der Waals surface area contributed by atoms with Gasteiger partial charge in [0, 0.05) is 12.1 Å². The summed E-state index contributed by atoms with van der Waals surface area (Å²) in [7, 11) is 0. The lowest BCUT2D eigenvalue weighted by Crippen LogP contribution is -2.21.